The summed E-state index contributed by atoms with van der Waals surface area (Å²) in [6.45, 7) is 4.57. The summed E-state index contributed by atoms with van der Waals surface area (Å²) < 4.78 is 4.58. The topological polar surface area (TPSA) is 13.1 Å². The third-order valence-electron chi connectivity index (χ3n) is 4.61. The summed E-state index contributed by atoms with van der Waals surface area (Å²) in [4.78, 5) is 0. The van der Waals surface area contributed by atoms with Crippen LogP contribution in [0.2, 0.25) is 0 Å². The average molecular weight is 340 g/mol. The Labute approximate surface area is 155 Å². The number of rotatable bonds is 3. The van der Waals surface area contributed by atoms with E-state index in [9.17, 15) is 0 Å². The van der Waals surface area contributed by atoms with Crippen LogP contribution >= 0.6 is 0 Å². The zero-order chi connectivity index (χ0) is 18.2. The quantitative estimate of drug-likeness (QED) is 0.393. The highest BCUT2D eigenvalue weighted by molar-refractivity contribution is 5.64. The van der Waals surface area contributed by atoms with Crippen LogP contribution in [0, 0.1) is 0 Å². The van der Waals surface area contributed by atoms with Crippen LogP contribution in [-0.2, 0) is 5.41 Å². The van der Waals surface area contributed by atoms with E-state index in [4.69, 9.17) is 0 Å². The summed E-state index contributed by atoms with van der Waals surface area (Å²) >= 11 is 0. The lowest BCUT2D eigenvalue weighted by molar-refractivity contribution is 0.567. The van der Waals surface area contributed by atoms with Gasteiger partial charge in [-0.05, 0) is 34.4 Å². The molecule has 0 fully saturated rings. The van der Waals surface area contributed by atoms with Crippen molar-refractivity contribution >= 4 is 0 Å². The van der Waals surface area contributed by atoms with Gasteiger partial charge in [0, 0.05) is 5.41 Å². The maximum absolute atomic E-state index is 4.58. The molecule has 1 nitrogen and oxygen atoms in total. The molecule has 0 aliphatic heterocycles. The van der Waals surface area contributed by atoms with E-state index in [2.05, 4.69) is 103 Å². The van der Waals surface area contributed by atoms with Crippen molar-refractivity contribution in [2.75, 3.05) is 0 Å². The van der Waals surface area contributed by atoms with E-state index in [1.807, 2.05) is 12.1 Å². The van der Waals surface area contributed by atoms with Crippen molar-refractivity contribution in [3.8, 4) is 11.1 Å². The second-order valence-electron chi connectivity index (χ2n) is 6.73. The summed E-state index contributed by atoms with van der Waals surface area (Å²) in [7, 11) is 0. The monoisotopic (exact) mass is 340 g/mol. The molecule has 0 saturated heterocycles. The zero-order valence-corrected chi connectivity index (χ0v) is 15.3. The van der Waals surface area contributed by atoms with Gasteiger partial charge in [-0.3, -0.25) is 0 Å². The van der Waals surface area contributed by atoms with Crippen LogP contribution in [0.5, 0.6) is 0 Å². The molecule has 3 aromatic carbocycles. The van der Waals surface area contributed by atoms with E-state index in [-0.39, 0.29) is 5.41 Å². The standard InChI is InChI=1S/C21H20.C4H4O/c1-21(2,19-13-7-4-8-14-19)20-15-9-12-18(16-20)17-10-5-3-6-11-17;1-2-4-5-3-1/h3-16H,1-2H3;1-4H. The van der Waals surface area contributed by atoms with E-state index in [1.54, 1.807) is 12.5 Å². The Morgan fingerprint density at radius 1 is 0.538 bits per heavy atom. The SMILES string of the molecule is CC(C)(c1ccccc1)c1cccc(-c2ccccc2)c1.c1ccoc1. The van der Waals surface area contributed by atoms with Crippen LogP contribution in [0.15, 0.2) is 114 Å². The van der Waals surface area contributed by atoms with Crippen molar-refractivity contribution in [2.24, 2.45) is 0 Å². The first-order valence-electron chi connectivity index (χ1n) is 8.86. The highest BCUT2D eigenvalue weighted by atomic mass is 16.3. The Morgan fingerprint density at radius 3 is 1.65 bits per heavy atom. The van der Waals surface area contributed by atoms with Gasteiger partial charge in [0.05, 0.1) is 12.5 Å². The van der Waals surface area contributed by atoms with E-state index < -0.39 is 0 Å². The van der Waals surface area contributed by atoms with E-state index in [0.717, 1.165) is 0 Å². The van der Waals surface area contributed by atoms with E-state index in [0.29, 0.717) is 0 Å². The van der Waals surface area contributed by atoms with Crippen LogP contribution in [-0.4, -0.2) is 0 Å². The minimum atomic E-state index is 0.00600. The molecule has 26 heavy (non-hydrogen) atoms. The Morgan fingerprint density at radius 2 is 1.08 bits per heavy atom. The van der Waals surface area contributed by atoms with Crippen molar-refractivity contribution in [1.82, 2.24) is 0 Å². The highest BCUT2D eigenvalue weighted by Gasteiger charge is 2.22. The van der Waals surface area contributed by atoms with E-state index >= 15 is 0 Å². The molecule has 0 N–H and O–H groups in total. The van der Waals surface area contributed by atoms with Gasteiger partial charge in [-0.2, -0.15) is 0 Å². The summed E-state index contributed by atoms with van der Waals surface area (Å²) in [6.07, 6.45) is 3.25. The van der Waals surface area contributed by atoms with Crippen molar-refractivity contribution in [3.63, 3.8) is 0 Å². The molecule has 4 rings (SSSR count). The van der Waals surface area contributed by atoms with Gasteiger partial charge in [0.15, 0.2) is 0 Å². The first-order chi connectivity index (χ1) is 12.7. The lowest BCUT2D eigenvalue weighted by Gasteiger charge is -2.26. The summed E-state index contributed by atoms with van der Waals surface area (Å²) in [5, 5.41) is 0. The maximum atomic E-state index is 4.58. The smallest absolute Gasteiger partial charge is 0.0902 e. The summed E-state index contributed by atoms with van der Waals surface area (Å²) in [6, 6.07) is 33.8. The fraction of sp³-hybridized carbons (Fsp3) is 0.120. The van der Waals surface area contributed by atoms with Crippen molar-refractivity contribution < 1.29 is 4.42 Å². The normalized spacial score (nSPS) is 10.7. The molecule has 0 radical (unpaired) electrons. The van der Waals surface area contributed by atoms with E-state index in [1.165, 1.54) is 22.3 Å². The Bertz CT molecular complexity index is 874. The van der Waals surface area contributed by atoms with Crippen LogP contribution in [0.1, 0.15) is 25.0 Å². The predicted molar refractivity (Wildman–Crippen MR) is 109 cm³/mol. The summed E-state index contributed by atoms with van der Waals surface area (Å²) in [5.41, 5.74) is 5.23. The predicted octanol–water partition coefficient (Wildman–Crippen LogP) is 6.96. The Hall–Kier alpha value is -3.06. The number of benzene rings is 3. The fourth-order valence-electron chi connectivity index (χ4n) is 2.97. The Balaban J connectivity index is 0.000000339. The van der Waals surface area contributed by atoms with Crippen LogP contribution in [0.3, 0.4) is 0 Å². The van der Waals surface area contributed by atoms with Gasteiger partial charge >= 0.3 is 0 Å². The maximum Gasteiger partial charge on any atom is 0.0902 e. The third kappa shape index (κ3) is 4.31. The van der Waals surface area contributed by atoms with Crippen molar-refractivity contribution in [3.05, 3.63) is 121 Å². The molecule has 0 spiro atoms. The molecule has 0 unspecified atom stereocenters. The molecule has 0 saturated carbocycles. The number of hydrogen-bond acceptors (Lipinski definition) is 1. The van der Waals surface area contributed by atoms with Gasteiger partial charge in [-0.1, -0.05) is 98.8 Å². The van der Waals surface area contributed by atoms with Crippen LogP contribution in [0.25, 0.3) is 11.1 Å². The second kappa shape index (κ2) is 8.35. The molecular weight excluding hydrogens is 316 g/mol. The van der Waals surface area contributed by atoms with Crippen LogP contribution < -0.4 is 0 Å². The minimum Gasteiger partial charge on any atom is -0.473 e. The molecule has 0 aliphatic carbocycles. The summed E-state index contributed by atoms with van der Waals surface area (Å²) in [5.74, 6) is 0. The molecule has 1 aromatic heterocycles. The first-order valence-corrected chi connectivity index (χ1v) is 8.86. The zero-order valence-electron chi connectivity index (χ0n) is 15.3. The van der Waals surface area contributed by atoms with Gasteiger partial charge in [0.2, 0.25) is 0 Å². The lowest BCUT2D eigenvalue weighted by atomic mass is 9.77. The Kier molecular flexibility index (Phi) is 5.70. The van der Waals surface area contributed by atoms with Gasteiger partial charge in [-0.25, -0.2) is 0 Å². The van der Waals surface area contributed by atoms with Crippen molar-refractivity contribution in [2.45, 2.75) is 19.3 Å². The van der Waals surface area contributed by atoms with Crippen LogP contribution in [0.4, 0.5) is 0 Å². The third-order valence-corrected chi connectivity index (χ3v) is 4.61. The molecule has 0 atom stereocenters. The molecule has 0 aliphatic rings. The fourth-order valence-corrected chi connectivity index (χ4v) is 2.97. The molecule has 0 amide bonds. The second-order valence-corrected chi connectivity index (χ2v) is 6.73. The van der Waals surface area contributed by atoms with Gasteiger partial charge < -0.3 is 4.42 Å². The number of furan rings is 1. The first kappa shape index (κ1) is 17.8. The molecular formula is C25H24O. The minimum absolute atomic E-state index is 0.00600. The molecule has 1 heteroatoms. The largest absolute Gasteiger partial charge is 0.473 e. The van der Waals surface area contributed by atoms with Crippen molar-refractivity contribution in [1.29, 1.82) is 0 Å². The highest BCUT2D eigenvalue weighted by Crippen LogP contribution is 2.33. The average Bonchev–Trinajstić information content (AvgIpc) is 3.30. The van der Waals surface area contributed by atoms with Gasteiger partial charge in [0.25, 0.3) is 0 Å². The molecule has 1 heterocycles. The lowest BCUT2D eigenvalue weighted by Crippen LogP contribution is -2.18. The molecule has 0 bridgehead atoms. The van der Waals surface area contributed by atoms with Gasteiger partial charge in [0.1, 0.15) is 0 Å². The number of hydrogen-bond donors (Lipinski definition) is 0. The van der Waals surface area contributed by atoms with Gasteiger partial charge in [-0.15, -0.1) is 0 Å². The molecule has 4 aromatic rings. The molecule has 130 valence electrons.